The Balaban J connectivity index is 1.49. The first-order chi connectivity index (χ1) is 14.9. The maximum absolute atomic E-state index is 11.7. The third kappa shape index (κ3) is 5.57. The van der Waals surface area contributed by atoms with E-state index in [1.165, 1.54) is 10.6 Å². The molecule has 2 fully saturated rings. The minimum atomic E-state index is -3.14. The van der Waals surface area contributed by atoms with Crippen molar-refractivity contribution in [3.05, 3.63) is 18.5 Å². The normalized spacial score (nSPS) is 18.8. The lowest BCUT2D eigenvalue weighted by Crippen LogP contribution is -2.39. The molecule has 0 amide bonds. The molecule has 4 rings (SSSR count). The molecule has 4 heterocycles. The number of nitrogens with zero attached hydrogens (tertiary/aromatic N) is 6. The van der Waals surface area contributed by atoms with Crippen LogP contribution in [0.15, 0.2) is 18.5 Å². The van der Waals surface area contributed by atoms with Crippen LogP contribution in [-0.4, -0.2) is 84.9 Å². The molecule has 168 valence electrons. The van der Waals surface area contributed by atoms with Crippen molar-refractivity contribution >= 4 is 21.9 Å². The molecule has 0 spiro atoms. The van der Waals surface area contributed by atoms with E-state index in [0.29, 0.717) is 63.5 Å². The van der Waals surface area contributed by atoms with Crippen molar-refractivity contribution in [1.29, 1.82) is 0 Å². The van der Waals surface area contributed by atoms with Crippen molar-refractivity contribution in [3.63, 3.8) is 0 Å². The van der Waals surface area contributed by atoms with Gasteiger partial charge in [0.2, 0.25) is 27.8 Å². The fourth-order valence-electron chi connectivity index (χ4n) is 3.62. The number of sulfonamides is 1. The number of piperidine rings is 1. The molecule has 12 heteroatoms. The van der Waals surface area contributed by atoms with Crippen molar-refractivity contribution in [2.45, 2.75) is 12.8 Å². The van der Waals surface area contributed by atoms with Gasteiger partial charge in [0, 0.05) is 50.2 Å². The number of rotatable bonds is 6. The van der Waals surface area contributed by atoms with Gasteiger partial charge in [-0.3, -0.25) is 0 Å². The maximum atomic E-state index is 11.7. The van der Waals surface area contributed by atoms with E-state index in [9.17, 15) is 8.42 Å². The standard InChI is InChI=1S/C19H27N7O4S/c1-31(27,28)26-4-2-14(3-5-26)13-30-17-10-16(15-11-21-18(20)22-12-15)23-19(24-17)25-6-8-29-9-7-25/h10-12,14H,2-9,13H2,1H3,(H2,20,21,22). The summed E-state index contributed by atoms with van der Waals surface area (Å²) in [5, 5.41) is 0. The topological polar surface area (TPSA) is 137 Å². The van der Waals surface area contributed by atoms with Crippen molar-refractivity contribution in [2.24, 2.45) is 5.92 Å². The summed E-state index contributed by atoms with van der Waals surface area (Å²) in [6.07, 6.45) is 6.01. The van der Waals surface area contributed by atoms with Gasteiger partial charge in [-0.1, -0.05) is 0 Å². The quantitative estimate of drug-likeness (QED) is 0.660. The van der Waals surface area contributed by atoms with Crippen LogP contribution in [0.3, 0.4) is 0 Å². The second-order valence-corrected chi connectivity index (χ2v) is 9.72. The summed E-state index contributed by atoms with van der Waals surface area (Å²) in [6, 6.07) is 1.77. The van der Waals surface area contributed by atoms with E-state index in [-0.39, 0.29) is 11.9 Å². The Morgan fingerprint density at radius 1 is 1.13 bits per heavy atom. The van der Waals surface area contributed by atoms with E-state index in [1.807, 2.05) is 0 Å². The van der Waals surface area contributed by atoms with Crippen LogP contribution in [0.2, 0.25) is 0 Å². The van der Waals surface area contributed by atoms with Gasteiger partial charge in [0.15, 0.2) is 0 Å². The van der Waals surface area contributed by atoms with Gasteiger partial charge in [-0.25, -0.2) is 27.7 Å². The first-order valence-corrected chi connectivity index (χ1v) is 12.1. The van der Waals surface area contributed by atoms with E-state index in [0.717, 1.165) is 18.4 Å². The molecule has 2 aromatic heterocycles. The number of anilines is 2. The number of aromatic nitrogens is 4. The molecule has 2 aliphatic rings. The third-order valence-electron chi connectivity index (χ3n) is 5.46. The summed E-state index contributed by atoms with van der Waals surface area (Å²) >= 11 is 0. The lowest BCUT2D eigenvalue weighted by atomic mass is 9.99. The summed E-state index contributed by atoms with van der Waals surface area (Å²) in [7, 11) is -3.14. The number of ether oxygens (including phenoxy) is 2. The predicted molar refractivity (Wildman–Crippen MR) is 115 cm³/mol. The minimum absolute atomic E-state index is 0.197. The van der Waals surface area contributed by atoms with Crippen molar-refractivity contribution in [2.75, 3.05) is 62.9 Å². The molecular formula is C19H27N7O4S. The van der Waals surface area contributed by atoms with Gasteiger partial charge < -0.3 is 20.1 Å². The average Bonchev–Trinajstić information content (AvgIpc) is 2.78. The first kappa shape index (κ1) is 21.7. The van der Waals surface area contributed by atoms with E-state index >= 15 is 0 Å². The summed E-state index contributed by atoms with van der Waals surface area (Å²) in [4.78, 5) is 19.4. The Hall–Kier alpha value is -2.57. The zero-order valence-corrected chi connectivity index (χ0v) is 18.3. The zero-order valence-electron chi connectivity index (χ0n) is 17.5. The second-order valence-electron chi connectivity index (χ2n) is 7.74. The van der Waals surface area contributed by atoms with Gasteiger partial charge in [0.1, 0.15) is 0 Å². The summed E-state index contributed by atoms with van der Waals surface area (Å²) < 4.78 is 36.4. The summed E-state index contributed by atoms with van der Waals surface area (Å²) in [5.74, 6) is 1.50. The van der Waals surface area contributed by atoms with Gasteiger partial charge in [0.05, 0.1) is 31.8 Å². The van der Waals surface area contributed by atoms with Crippen LogP contribution in [0.5, 0.6) is 5.88 Å². The SMILES string of the molecule is CS(=O)(=O)N1CCC(COc2cc(-c3cnc(N)nc3)nc(N3CCOCC3)n2)CC1. The van der Waals surface area contributed by atoms with Gasteiger partial charge in [0.25, 0.3) is 0 Å². The van der Waals surface area contributed by atoms with Crippen LogP contribution in [0.4, 0.5) is 11.9 Å². The second kappa shape index (κ2) is 9.28. The molecule has 0 saturated carbocycles. The lowest BCUT2D eigenvalue weighted by molar-refractivity contribution is 0.122. The van der Waals surface area contributed by atoms with Crippen molar-refractivity contribution < 1.29 is 17.9 Å². The zero-order chi connectivity index (χ0) is 21.8. The number of hydrogen-bond donors (Lipinski definition) is 1. The Bertz CT molecular complexity index is 989. The van der Waals surface area contributed by atoms with Crippen LogP contribution in [0, 0.1) is 5.92 Å². The Morgan fingerprint density at radius 3 is 2.45 bits per heavy atom. The molecule has 0 atom stereocenters. The third-order valence-corrected chi connectivity index (χ3v) is 6.76. The molecule has 2 N–H and O–H groups in total. The van der Waals surface area contributed by atoms with Crippen LogP contribution in [-0.2, 0) is 14.8 Å². The van der Waals surface area contributed by atoms with Gasteiger partial charge in [-0.2, -0.15) is 4.98 Å². The highest BCUT2D eigenvalue weighted by Crippen LogP contribution is 2.26. The molecule has 0 aromatic carbocycles. The van der Waals surface area contributed by atoms with Gasteiger partial charge in [-0.05, 0) is 18.8 Å². The van der Waals surface area contributed by atoms with Crippen molar-refractivity contribution in [1.82, 2.24) is 24.2 Å². The molecule has 0 unspecified atom stereocenters. The predicted octanol–water partition coefficient (Wildman–Crippen LogP) is 0.403. The molecule has 0 radical (unpaired) electrons. The van der Waals surface area contributed by atoms with Crippen LogP contribution >= 0.6 is 0 Å². The number of morpholine rings is 1. The van der Waals surface area contributed by atoms with Gasteiger partial charge in [-0.15, -0.1) is 0 Å². The Morgan fingerprint density at radius 2 is 1.81 bits per heavy atom. The Kier molecular flexibility index (Phi) is 6.49. The van der Waals surface area contributed by atoms with E-state index in [2.05, 4.69) is 24.8 Å². The minimum Gasteiger partial charge on any atom is -0.477 e. The highest BCUT2D eigenvalue weighted by atomic mass is 32.2. The fraction of sp³-hybridized carbons (Fsp3) is 0.579. The molecule has 2 saturated heterocycles. The molecule has 2 aliphatic heterocycles. The van der Waals surface area contributed by atoms with Crippen LogP contribution in [0.1, 0.15) is 12.8 Å². The molecular weight excluding hydrogens is 422 g/mol. The average molecular weight is 450 g/mol. The largest absolute Gasteiger partial charge is 0.477 e. The number of hydrogen-bond acceptors (Lipinski definition) is 10. The smallest absolute Gasteiger partial charge is 0.229 e. The maximum Gasteiger partial charge on any atom is 0.229 e. The highest BCUT2D eigenvalue weighted by molar-refractivity contribution is 7.88. The van der Waals surface area contributed by atoms with E-state index in [1.54, 1.807) is 18.5 Å². The van der Waals surface area contributed by atoms with E-state index in [4.69, 9.17) is 15.2 Å². The van der Waals surface area contributed by atoms with Crippen LogP contribution < -0.4 is 15.4 Å². The molecule has 31 heavy (non-hydrogen) atoms. The first-order valence-electron chi connectivity index (χ1n) is 10.3. The summed E-state index contributed by atoms with van der Waals surface area (Å²) in [6.45, 7) is 4.14. The molecule has 11 nitrogen and oxygen atoms in total. The lowest BCUT2D eigenvalue weighted by Gasteiger charge is -2.30. The van der Waals surface area contributed by atoms with E-state index < -0.39 is 10.0 Å². The Labute approximate surface area is 181 Å². The molecule has 0 bridgehead atoms. The number of nitrogen functional groups attached to an aromatic ring is 1. The number of nitrogens with two attached hydrogens (primary N) is 1. The molecule has 2 aromatic rings. The van der Waals surface area contributed by atoms with Crippen molar-refractivity contribution in [3.8, 4) is 17.1 Å². The molecule has 0 aliphatic carbocycles. The highest BCUT2D eigenvalue weighted by Gasteiger charge is 2.25. The van der Waals surface area contributed by atoms with Crippen LogP contribution in [0.25, 0.3) is 11.3 Å². The fourth-order valence-corrected chi connectivity index (χ4v) is 4.49. The monoisotopic (exact) mass is 449 g/mol. The van der Waals surface area contributed by atoms with Gasteiger partial charge >= 0.3 is 0 Å². The summed E-state index contributed by atoms with van der Waals surface area (Å²) in [5.41, 5.74) is 6.98.